The molecule has 0 fully saturated rings. The summed E-state index contributed by atoms with van der Waals surface area (Å²) in [6.45, 7) is 9.57. The van der Waals surface area contributed by atoms with Crippen molar-refractivity contribution in [1.29, 1.82) is 0 Å². The number of hydrogen-bond donors (Lipinski definition) is 0. The fourth-order valence-corrected chi connectivity index (χ4v) is 9.34. The molecule has 8 aromatic rings. The van der Waals surface area contributed by atoms with Crippen LogP contribution in [0.5, 0.6) is 0 Å². The molecule has 0 aliphatic heterocycles. The molecule has 0 amide bonds. The molecule has 0 N–H and O–H groups in total. The van der Waals surface area contributed by atoms with Crippen molar-refractivity contribution in [3.8, 4) is 22.3 Å². The molecule has 2 aliphatic carbocycles. The maximum atomic E-state index is 2.62. The summed E-state index contributed by atoms with van der Waals surface area (Å²) in [5.74, 6) is 0. The fraction of sp³-hybridized carbons (Fsp3) is 0.125. The van der Waals surface area contributed by atoms with E-state index in [1.54, 1.807) is 0 Å². The topological polar surface area (TPSA) is 3.24 Å². The molecule has 1 nitrogen and oxygen atoms in total. The molecule has 0 unspecified atom stereocenters. The van der Waals surface area contributed by atoms with E-state index < -0.39 is 0 Å². The van der Waals surface area contributed by atoms with E-state index in [1.165, 1.54) is 93.9 Å². The van der Waals surface area contributed by atoms with Crippen molar-refractivity contribution in [1.82, 2.24) is 0 Å². The van der Waals surface area contributed by atoms with E-state index >= 15 is 0 Å². The van der Waals surface area contributed by atoms with Gasteiger partial charge < -0.3 is 4.90 Å². The Morgan fingerprint density at radius 2 is 0.878 bits per heavy atom. The van der Waals surface area contributed by atoms with Crippen molar-refractivity contribution in [3.63, 3.8) is 0 Å². The molecule has 49 heavy (non-hydrogen) atoms. The monoisotopic (exact) mass is 627 g/mol. The van der Waals surface area contributed by atoms with Crippen molar-refractivity contribution in [2.45, 2.75) is 38.5 Å². The van der Waals surface area contributed by atoms with Gasteiger partial charge in [-0.3, -0.25) is 0 Å². The normalized spacial score (nSPS) is 14.9. The van der Waals surface area contributed by atoms with Crippen LogP contribution in [0, 0.1) is 0 Å². The van der Waals surface area contributed by atoms with Gasteiger partial charge in [0.15, 0.2) is 0 Å². The second-order valence-corrected chi connectivity index (χ2v) is 14.9. The van der Waals surface area contributed by atoms with Crippen molar-refractivity contribution < 1.29 is 0 Å². The molecule has 0 saturated carbocycles. The van der Waals surface area contributed by atoms with Gasteiger partial charge in [0, 0.05) is 27.3 Å². The van der Waals surface area contributed by atoms with Crippen LogP contribution in [0.1, 0.15) is 49.9 Å². The third kappa shape index (κ3) is 3.76. The van der Waals surface area contributed by atoms with Gasteiger partial charge in [0.2, 0.25) is 0 Å². The molecular formula is C48H37N. The lowest BCUT2D eigenvalue weighted by Crippen LogP contribution is -2.18. The molecule has 0 atom stereocenters. The van der Waals surface area contributed by atoms with Crippen molar-refractivity contribution in [2.75, 3.05) is 4.90 Å². The summed E-state index contributed by atoms with van der Waals surface area (Å²) < 4.78 is 0. The first-order valence-corrected chi connectivity index (χ1v) is 17.5. The Morgan fingerprint density at radius 1 is 0.367 bits per heavy atom. The maximum Gasteiger partial charge on any atom is 0.0550 e. The van der Waals surface area contributed by atoms with E-state index in [0.717, 1.165) is 0 Å². The highest BCUT2D eigenvalue weighted by atomic mass is 15.2. The second-order valence-electron chi connectivity index (χ2n) is 14.9. The SMILES string of the molecule is CC1(C)c2ccccc2-c2c(N(c3cc4ccccc4c4c3-c3ccccc3C4(C)C)c3cc4ccccc4c4ccccc34)cccc21. The number of nitrogens with zero attached hydrogens (tertiary/aromatic N) is 1. The minimum absolute atomic E-state index is 0.112. The number of anilines is 3. The molecule has 0 saturated heterocycles. The Morgan fingerprint density at radius 3 is 1.61 bits per heavy atom. The van der Waals surface area contributed by atoms with Crippen LogP contribution >= 0.6 is 0 Å². The summed E-state index contributed by atoms with van der Waals surface area (Å²) in [6.07, 6.45) is 0. The van der Waals surface area contributed by atoms with E-state index in [2.05, 4.69) is 184 Å². The van der Waals surface area contributed by atoms with E-state index in [1.807, 2.05) is 0 Å². The average molecular weight is 628 g/mol. The van der Waals surface area contributed by atoms with E-state index in [0.29, 0.717) is 0 Å². The predicted molar refractivity (Wildman–Crippen MR) is 209 cm³/mol. The molecule has 10 rings (SSSR count). The lowest BCUT2D eigenvalue weighted by atomic mass is 9.80. The van der Waals surface area contributed by atoms with E-state index in [-0.39, 0.29) is 10.8 Å². The van der Waals surface area contributed by atoms with E-state index in [4.69, 9.17) is 0 Å². The van der Waals surface area contributed by atoms with Crippen LogP contribution in [0.4, 0.5) is 17.1 Å². The quantitative estimate of drug-likeness (QED) is 0.176. The molecule has 0 radical (unpaired) electrons. The number of fused-ring (bicyclic) bond motifs is 11. The molecule has 1 heteroatoms. The van der Waals surface area contributed by atoms with E-state index in [9.17, 15) is 0 Å². The van der Waals surface area contributed by atoms with Crippen LogP contribution in [0.25, 0.3) is 54.6 Å². The van der Waals surface area contributed by atoms with Crippen LogP contribution in [-0.4, -0.2) is 0 Å². The number of benzene rings is 8. The van der Waals surface area contributed by atoms with Gasteiger partial charge in [-0.05, 0) is 78.5 Å². The van der Waals surface area contributed by atoms with Gasteiger partial charge in [-0.15, -0.1) is 0 Å². The molecule has 0 spiro atoms. The van der Waals surface area contributed by atoms with Crippen molar-refractivity contribution >= 4 is 49.4 Å². The first kappa shape index (κ1) is 28.4. The molecular weight excluding hydrogens is 591 g/mol. The first-order chi connectivity index (χ1) is 23.9. The third-order valence-corrected chi connectivity index (χ3v) is 11.6. The maximum absolute atomic E-state index is 2.62. The molecule has 0 heterocycles. The van der Waals surface area contributed by atoms with Crippen LogP contribution < -0.4 is 4.90 Å². The summed E-state index contributed by atoms with van der Waals surface area (Å²) in [5.41, 5.74) is 14.2. The predicted octanol–water partition coefficient (Wildman–Crippen LogP) is 13.2. The standard InChI is InChI=1S/C48H37N/c1-47(2)38-24-13-11-22-36(38)44-40(47)26-15-27-41(44)49(42-28-30-16-5-7-18-32(30)34-20-9-10-21-35(34)42)43-29-31-17-6-8-19-33(31)46-45(43)37-23-12-14-25-39(37)48(46,3)4/h5-29H,1-4H3. The Labute approximate surface area is 288 Å². The zero-order valence-corrected chi connectivity index (χ0v) is 28.4. The third-order valence-electron chi connectivity index (χ3n) is 11.6. The summed E-state index contributed by atoms with van der Waals surface area (Å²) in [7, 11) is 0. The Balaban J connectivity index is 1.42. The Bertz CT molecular complexity index is 2670. The molecule has 234 valence electrons. The summed E-state index contributed by atoms with van der Waals surface area (Å²) >= 11 is 0. The van der Waals surface area contributed by atoms with Gasteiger partial charge in [0.1, 0.15) is 0 Å². The summed E-state index contributed by atoms with van der Waals surface area (Å²) in [4.78, 5) is 2.62. The minimum Gasteiger partial charge on any atom is -0.309 e. The van der Waals surface area contributed by atoms with Gasteiger partial charge >= 0.3 is 0 Å². The smallest absolute Gasteiger partial charge is 0.0550 e. The molecule has 2 aliphatic rings. The van der Waals surface area contributed by atoms with Gasteiger partial charge in [-0.1, -0.05) is 161 Å². The highest BCUT2D eigenvalue weighted by Crippen LogP contribution is 2.60. The van der Waals surface area contributed by atoms with Crippen LogP contribution in [-0.2, 0) is 10.8 Å². The lowest BCUT2D eigenvalue weighted by Gasteiger charge is -2.33. The van der Waals surface area contributed by atoms with Crippen LogP contribution in [0.15, 0.2) is 152 Å². The van der Waals surface area contributed by atoms with Crippen LogP contribution in [0.2, 0.25) is 0 Å². The molecule has 0 aromatic heterocycles. The van der Waals surface area contributed by atoms with Gasteiger partial charge in [-0.2, -0.15) is 0 Å². The molecule has 0 bridgehead atoms. The average Bonchev–Trinajstić information content (AvgIpc) is 3.52. The lowest BCUT2D eigenvalue weighted by molar-refractivity contribution is 0.660. The fourth-order valence-electron chi connectivity index (χ4n) is 9.34. The van der Waals surface area contributed by atoms with Crippen LogP contribution in [0.3, 0.4) is 0 Å². The highest BCUT2D eigenvalue weighted by Gasteiger charge is 2.42. The van der Waals surface area contributed by atoms with Gasteiger partial charge in [-0.25, -0.2) is 0 Å². The van der Waals surface area contributed by atoms with Gasteiger partial charge in [0.25, 0.3) is 0 Å². The van der Waals surface area contributed by atoms with Gasteiger partial charge in [0.05, 0.1) is 17.1 Å². The number of rotatable bonds is 3. The highest BCUT2D eigenvalue weighted by molar-refractivity contribution is 6.17. The summed E-state index contributed by atoms with van der Waals surface area (Å²) in [6, 6.07) is 56.8. The second kappa shape index (κ2) is 9.94. The zero-order valence-electron chi connectivity index (χ0n) is 28.4. The zero-order chi connectivity index (χ0) is 33.1. The Kier molecular flexibility index (Phi) is 5.75. The largest absolute Gasteiger partial charge is 0.309 e. The molecule has 8 aromatic carbocycles. The van der Waals surface area contributed by atoms with Crippen molar-refractivity contribution in [3.05, 3.63) is 174 Å². The summed E-state index contributed by atoms with van der Waals surface area (Å²) in [5, 5.41) is 7.63. The number of hydrogen-bond acceptors (Lipinski definition) is 1. The first-order valence-electron chi connectivity index (χ1n) is 17.5. The Hall–Kier alpha value is -5.66. The minimum atomic E-state index is -0.161. The van der Waals surface area contributed by atoms with Crippen molar-refractivity contribution in [2.24, 2.45) is 0 Å².